The zero-order chi connectivity index (χ0) is 24.9. The van der Waals surface area contributed by atoms with Crippen molar-refractivity contribution in [1.82, 2.24) is 15.3 Å². The maximum absolute atomic E-state index is 12.7. The monoisotopic (exact) mass is 479 g/mol. The number of nitrogens with one attached hydrogen (secondary N) is 1. The lowest BCUT2D eigenvalue weighted by Gasteiger charge is -2.23. The molecule has 0 aliphatic heterocycles. The van der Waals surface area contributed by atoms with Crippen LogP contribution in [0.3, 0.4) is 0 Å². The van der Waals surface area contributed by atoms with Crippen LogP contribution < -0.4 is 21.5 Å². The van der Waals surface area contributed by atoms with Crippen molar-refractivity contribution in [3.05, 3.63) is 59.2 Å². The lowest BCUT2D eigenvalue weighted by Crippen LogP contribution is -2.43. The minimum absolute atomic E-state index is 0.00884. The number of hydrogen-bond acceptors (Lipinski definition) is 7. The Bertz CT molecular complexity index is 1070. The number of primary amides is 2. The first-order chi connectivity index (χ1) is 16.1. The molecule has 2 unspecified atom stereocenters. The molecule has 1 aliphatic rings. The van der Waals surface area contributed by atoms with Crippen LogP contribution in [0.4, 0.5) is 13.2 Å². The second-order valence-corrected chi connectivity index (χ2v) is 7.72. The van der Waals surface area contributed by atoms with Gasteiger partial charge in [0.25, 0.3) is 5.91 Å². The number of hydrogen-bond donors (Lipinski definition) is 4. The van der Waals surface area contributed by atoms with E-state index in [4.69, 9.17) is 16.2 Å². The number of nitrogens with zero attached hydrogens (tertiary/aromatic N) is 2. The van der Waals surface area contributed by atoms with Gasteiger partial charge in [0.05, 0.1) is 17.9 Å². The highest BCUT2D eigenvalue weighted by molar-refractivity contribution is 5.91. The molecule has 1 aliphatic carbocycles. The average molecular weight is 479 g/mol. The molecule has 34 heavy (non-hydrogen) atoms. The Kier molecular flexibility index (Phi) is 7.84. The summed E-state index contributed by atoms with van der Waals surface area (Å²) >= 11 is 0. The second kappa shape index (κ2) is 10.6. The van der Waals surface area contributed by atoms with Gasteiger partial charge in [-0.2, -0.15) is 13.2 Å². The summed E-state index contributed by atoms with van der Waals surface area (Å²) in [7, 11) is 0. The lowest BCUT2D eigenvalue weighted by atomic mass is 9.96. The third-order valence-electron chi connectivity index (χ3n) is 5.22. The minimum Gasteiger partial charge on any atom is -0.490 e. The van der Waals surface area contributed by atoms with Crippen molar-refractivity contribution >= 4 is 17.4 Å². The summed E-state index contributed by atoms with van der Waals surface area (Å²) in [5, 5.41) is 12.0. The van der Waals surface area contributed by atoms with Gasteiger partial charge < -0.3 is 21.3 Å². The average Bonchev–Trinajstić information content (AvgIpc) is 2.79. The molecule has 1 aromatic carbocycles. The van der Waals surface area contributed by atoms with E-state index in [1.54, 1.807) is 0 Å². The molecular formula is C22H24F3N5O4. The molecule has 3 rings (SSSR count). The number of benzene rings is 1. The Morgan fingerprint density at radius 1 is 1.21 bits per heavy atom. The lowest BCUT2D eigenvalue weighted by molar-refractivity contribution is -0.137. The van der Waals surface area contributed by atoms with E-state index in [-0.39, 0.29) is 18.3 Å². The smallest absolute Gasteiger partial charge is 0.416 e. The number of aliphatic hydroxyl groups is 1. The molecule has 2 aromatic rings. The quantitative estimate of drug-likeness (QED) is 0.425. The Hall–Kier alpha value is -3.51. The van der Waals surface area contributed by atoms with E-state index in [1.807, 2.05) is 6.08 Å². The van der Waals surface area contributed by atoms with Crippen LogP contribution in [0.2, 0.25) is 0 Å². The maximum Gasteiger partial charge on any atom is 0.416 e. The van der Waals surface area contributed by atoms with E-state index in [9.17, 15) is 27.9 Å². The summed E-state index contributed by atoms with van der Waals surface area (Å²) in [6.07, 6.45) is -1.30. The molecule has 1 aromatic heterocycles. The SMILES string of the molecule is NC(=O)c1cc(CNC(CO)C(N)=O)nc(C2=CCC(Oc3ccc(C(F)(F)F)cc3)CC2)n1. The number of carbonyl (C=O) groups is 2. The number of amides is 2. The van der Waals surface area contributed by atoms with Crippen molar-refractivity contribution in [2.75, 3.05) is 6.61 Å². The molecule has 182 valence electrons. The molecule has 2 amide bonds. The van der Waals surface area contributed by atoms with Crippen LogP contribution in [-0.4, -0.2) is 45.6 Å². The highest BCUT2D eigenvalue weighted by Gasteiger charge is 2.30. The zero-order valence-corrected chi connectivity index (χ0v) is 18.0. The van der Waals surface area contributed by atoms with E-state index >= 15 is 0 Å². The van der Waals surface area contributed by atoms with Crippen LogP contribution in [0.15, 0.2) is 36.4 Å². The summed E-state index contributed by atoms with van der Waals surface area (Å²) in [6, 6.07) is 4.91. The molecule has 9 nitrogen and oxygen atoms in total. The van der Waals surface area contributed by atoms with Crippen molar-refractivity contribution in [3.8, 4) is 5.75 Å². The molecule has 0 saturated carbocycles. The second-order valence-electron chi connectivity index (χ2n) is 7.72. The van der Waals surface area contributed by atoms with Crippen LogP contribution in [0, 0.1) is 0 Å². The van der Waals surface area contributed by atoms with Gasteiger partial charge in [0.2, 0.25) is 5.91 Å². The maximum atomic E-state index is 12.7. The van der Waals surface area contributed by atoms with Crippen molar-refractivity contribution in [2.24, 2.45) is 11.5 Å². The highest BCUT2D eigenvalue weighted by atomic mass is 19.4. The number of alkyl halides is 3. The molecule has 2 atom stereocenters. The molecular weight excluding hydrogens is 455 g/mol. The van der Waals surface area contributed by atoms with E-state index in [0.29, 0.717) is 36.5 Å². The number of nitrogens with two attached hydrogens (primary N) is 2. The summed E-state index contributed by atoms with van der Waals surface area (Å²) in [6.45, 7) is -0.460. The van der Waals surface area contributed by atoms with Gasteiger partial charge in [-0.3, -0.25) is 14.9 Å². The van der Waals surface area contributed by atoms with Crippen LogP contribution >= 0.6 is 0 Å². The zero-order valence-electron chi connectivity index (χ0n) is 18.0. The van der Waals surface area contributed by atoms with Gasteiger partial charge in [-0.15, -0.1) is 0 Å². The fraction of sp³-hybridized carbons (Fsp3) is 0.364. The third kappa shape index (κ3) is 6.51. The standard InChI is InChI=1S/C22H24F3N5O4/c23-22(24,25)13-3-7-16(8-4-13)34-15-5-1-12(2-6-15)21-29-14(9-17(30-21)19(26)32)10-28-18(11-31)20(27)33/h1,3-4,7-9,15,18,28,31H,2,5-6,10-11H2,(H2,26,32)(H2,27,33). The van der Waals surface area contributed by atoms with Crippen LogP contribution in [0.5, 0.6) is 5.75 Å². The summed E-state index contributed by atoms with van der Waals surface area (Å²) < 4.78 is 43.9. The molecule has 1 heterocycles. The number of rotatable bonds is 9. The molecule has 0 bridgehead atoms. The molecule has 6 N–H and O–H groups in total. The summed E-state index contributed by atoms with van der Waals surface area (Å²) in [5.74, 6) is -0.858. The summed E-state index contributed by atoms with van der Waals surface area (Å²) in [5.41, 5.74) is 11.0. The molecule has 0 spiro atoms. The Labute approximate surface area is 193 Å². The van der Waals surface area contributed by atoms with Crippen LogP contribution in [0.25, 0.3) is 5.57 Å². The van der Waals surface area contributed by atoms with E-state index < -0.39 is 36.2 Å². The number of aromatic nitrogens is 2. The van der Waals surface area contributed by atoms with Crippen molar-refractivity contribution in [1.29, 1.82) is 0 Å². The van der Waals surface area contributed by atoms with E-state index in [2.05, 4.69) is 15.3 Å². The van der Waals surface area contributed by atoms with Gasteiger partial charge in [-0.05, 0) is 48.7 Å². The Balaban J connectivity index is 1.70. The first-order valence-electron chi connectivity index (χ1n) is 10.4. The molecule has 0 fully saturated rings. The van der Waals surface area contributed by atoms with Gasteiger partial charge >= 0.3 is 6.18 Å². The molecule has 0 saturated heterocycles. The van der Waals surface area contributed by atoms with Crippen molar-refractivity contribution < 1.29 is 32.6 Å². The largest absolute Gasteiger partial charge is 0.490 e. The number of ether oxygens (including phenoxy) is 1. The first-order valence-corrected chi connectivity index (χ1v) is 10.4. The van der Waals surface area contributed by atoms with Crippen molar-refractivity contribution in [2.45, 2.75) is 44.1 Å². The van der Waals surface area contributed by atoms with Gasteiger partial charge in [-0.25, -0.2) is 9.97 Å². The van der Waals surface area contributed by atoms with E-state index in [0.717, 1.165) is 17.7 Å². The summed E-state index contributed by atoms with van der Waals surface area (Å²) in [4.78, 5) is 31.6. The van der Waals surface area contributed by atoms with Gasteiger partial charge in [0.15, 0.2) is 5.82 Å². The number of aliphatic hydroxyl groups excluding tert-OH is 1. The number of halogens is 3. The van der Waals surface area contributed by atoms with E-state index in [1.165, 1.54) is 18.2 Å². The highest BCUT2D eigenvalue weighted by Crippen LogP contribution is 2.32. The molecule has 0 radical (unpaired) electrons. The van der Waals surface area contributed by atoms with Crippen LogP contribution in [-0.2, 0) is 17.5 Å². The topological polar surface area (TPSA) is 153 Å². The van der Waals surface area contributed by atoms with Gasteiger partial charge in [-0.1, -0.05) is 6.08 Å². The van der Waals surface area contributed by atoms with Crippen LogP contribution in [0.1, 0.15) is 46.8 Å². The predicted octanol–water partition coefficient (Wildman–Crippen LogP) is 1.54. The molecule has 12 heteroatoms. The fourth-order valence-electron chi connectivity index (χ4n) is 3.38. The number of allylic oxidation sites excluding steroid dienone is 1. The third-order valence-corrected chi connectivity index (χ3v) is 5.22. The Morgan fingerprint density at radius 2 is 1.91 bits per heavy atom. The predicted molar refractivity (Wildman–Crippen MR) is 115 cm³/mol. The van der Waals surface area contributed by atoms with Crippen molar-refractivity contribution in [3.63, 3.8) is 0 Å². The normalized spacial score (nSPS) is 17.1. The first kappa shape index (κ1) is 25.1. The minimum atomic E-state index is -4.41. The van der Waals surface area contributed by atoms with Gasteiger partial charge in [0.1, 0.15) is 23.6 Å². The Morgan fingerprint density at radius 3 is 2.44 bits per heavy atom. The van der Waals surface area contributed by atoms with Gasteiger partial charge in [0, 0.05) is 13.0 Å². The fourth-order valence-corrected chi connectivity index (χ4v) is 3.38. The number of carbonyl (C=O) groups excluding carboxylic acids is 2.